The van der Waals surface area contributed by atoms with Gasteiger partial charge in [0, 0.05) is 24.0 Å². The Bertz CT molecular complexity index is 1350. The van der Waals surface area contributed by atoms with Gasteiger partial charge in [0.1, 0.15) is 23.0 Å². The number of carbonyl (C=O) groups is 1. The summed E-state index contributed by atoms with van der Waals surface area (Å²) in [5, 5.41) is 10.5. The number of aryl methyl sites for hydroxylation is 1. The van der Waals surface area contributed by atoms with E-state index in [2.05, 4.69) is 15.0 Å². The number of H-pyrrole nitrogens is 1. The highest BCUT2D eigenvalue weighted by Crippen LogP contribution is 2.43. The molecule has 0 radical (unpaired) electrons. The molecule has 0 fully saturated rings. The molecule has 172 valence electrons. The maximum Gasteiger partial charge on any atom is 0.292 e. The Labute approximate surface area is 187 Å². The van der Waals surface area contributed by atoms with Gasteiger partial charge in [0.25, 0.3) is 12.3 Å². The van der Waals surface area contributed by atoms with E-state index in [1.54, 1.807) is 31.2 Å². The van der Waals surface area contributed by atoms with Crippen LogP contribution in [0.25, 0.3) is 11.0 Å². The first-order chi connectivity index (χ1) is 15.7. The number of para-hydroxylation sites is 1. The lowest BCUT2D eigenvalue weighted by molar-refractivity contribution is 0.0436. The molecular formula is C23H22F2N4O4. The molecule has 0 spiro atoms. The number of nitrogens with one attached hydrogen (secondary N) is 1. The second-order valence-corrected chi connectivity index (χ2v) is 8.59. The highest BCUT2D eigenvalue weighted by molar-refractivity contribution is 5.93. The van der Waals surface area contributed by atoms with E-state index < -0.39 is 24.0 Å². The number of furan rings is 1. The Morgan fingerprint density at radius 2 is 2.06 bits per heavy atom. The predicted octanol–water partition coefficient (Wildman–Crippen LogP) is 4.41. The lowest BCUT2D eigenvalue weighted by Crippen LogP contribution is -2.41. The summed E-state index contributed by atoms with van der Waals surface area (Å²) in [7, 11) is 0. The summed E-state index contributed by atoms with van der Waals surface area (Å²) in [6.07, 6.45) is -0.894. The maximum absolute atomic E-state index is 14.2. The molecule has 1 aliphatic rings. The fourth-order valence-corrected chi connectivity index (χ4v) is 4.26. The SMILES string of the molecule is Cc1nc(C(C)(C)O)oc1C(=O)N1CCc2[nH]cnc2[C@H]1c1oc2ccccc2c1C(F)F. The van der Waals surface area contributed by atoms with Gasteiger partial charge < -0.3 is 23.8 Å². The van der Waals surface area contributed by atoms with Crippen molar-refractivity contribution in [2.45, 2.75) is 45.3 Å². The standard InChI is InChI=1S/C23H22F2N4O4/c1-11-18(33-22(28-11)23(2,3)31)21(30)29-9-8-13-16(27-10-26-13)17(29)19-15(20(24)25)12-6-4-5-7-14(12)32-19/h4-7,10,17,20,31H,8-9H2,1-3H3,(H,26,27)/t17-/m0/s1. The van der Waals surface area contributed by atoms with Crippen LogP contribution in [-0.2, 0) is 12.0 Å². The minimum Gasteiger partial charge on any atom is -0.458 e. The summed E-state index contributed by atoms with van der Waals surface area (Å²) in [6.45, 7) is 4.80. The van der Waals surface area contributed by atoms with Crippen LogP contribution in [0.5, 0.6) is 0 Å². The summed E-state index contributed by atoms with van der Waals surface area (Å²) in [5.41, 5.74) is 0.129. The molecule has 10 heteroatoms. The molecule has 3 aromatic heterocycles. The number of hydrogen-bond acceptors (Lipinski definition) is 6. The molecule has 1 amide bonds. The third-order valence-electron chi connectivity index (χ3n) is 5.83. The highest BCUT2D eigenvalue weighted by atomic mass is 19.3. The van der Waals surface area contributed by atoms with Gasteiger partial charge in [0.05, 0.1) is 23.3 Å². The number of oxazole rings is 1. The molecule has 2 N–H and O–H groups in total. The average molecular weight is 456 g/mol. The Balaban J connectivity index is 1.67. The van der Waals surface area contributed by atoms with Gasteiger partial charge in [-0.05, 0) is 26.8 Å². The van der Waals surface area contributed by atoms with Gasteiger partial charge in [0.2, 0.25) is 11.7 Å². The smallest absolute Gasteiger partial charge is 0.292 e. The number of rotatable bonds is 4. The molecular weight excluding hydrogens is 434 g/mol. The van der Waals surface area contributed by atoms with E-state index in [1.807, 2.05) is 0 Å². The van der Waals surface area contributed by atoms with Crippen molar-refractivity contribution in [1.29, 1.82) is 0 Å². The first kappa shape index (κ1) is 21.3. The van der Waals surface area contributed by atoms with Crippen LogP contribution in [0.3, 0.4) is 0 Å². The molecule has 1 aromatic carbocycles. The number of alkyl halides is 2. The third kappa shape index (κ3) is 3.41. The van der Waals surface area contributed by atoms with Crippen LogP contribution in [-0.4, -0.2) is 37.4 Å². The Morgan fingerprint density at radius 1 is 1.30 bits per heavy atom. The molecule has 4 heterocycles. The zero-order chi connectivity index (χ0) is 23.5. The van der Waals surface area contributed by atoms with Crippen molar-refractivity contribution in [2.75, 3.05) is 6.54 Å². The highest BCUT2D eigenvalue weighted by Gasteiger charge is 2.42. The monoisotopic (exact) mass is 456 g/mol. The lowest BCUT2D eigenvalue weighted by atomic mass is 9.96. The Morgan fingerprint density at radius 3 is 2.76 bits per heavy atom. The van der Waals surface area contributed by atoms with Crippen molar-refractivity contribution in [2.24, 2.45) is 0 Å². The molecule has 0 unspecified atom stereocenters. The van der Waals surface area contributed by atoms with E-state index >= 15 is 0 Å². The molecule has 33 heavy (non-hydrogen) atoms. The fraction of sp³-hybridized carbons (Fsp3) is 0.348. The van der Waals surface area contributed by atoms with Gasteiger partial charge in [-0.3, -0.25) is 4.79 Å². The van der Waals surface area contributed by atoms with Crippen LogP contribution in [0, 0.1) is 6.92 Å². The van der Waals surface area contributed by atoms with Crippen molar-refractivity contribution in [3.05, 3.63) is 70.6 Å². The number of amides is 1. The van der Waals surface area contributed by atoms with E-state index in [9.17, 15) is 18.7 Å². The first-order valence-electron chi connectivity index (χ1n) is 10.5. The van der Waals surface area contributed by atoms with Crippen LogP contribution in [0.15, 0.2) is 39.4 Å². The van der Waals surface area contributed by atoms with E-state index in [0.717, 1.165) is 5.69 Å². The number of halogens is 2. The van der Waals surface area contributed by atoms with E-state index in [4.69, 9.17) is 8.83 Å². The number of aromatic nitrogens is 3. The number of hydrogen-bond donors (Lipinski definition) is 2. The van der Waals surface area contributed by atoms with Gasteiger partial charge in [-0.15, -0.1) is 0 Å². The summed E-state index contributed by atoms with van der Waals surface area (Å²) < 4.78 is 40.0. The minimum absolute atomic E-state index is 0.00521. The normalized spacial score (nSPS) is 16.6. The third-order valence-corrected chi connectivity index (χ3v) is 5.83. The van der Waals surface area contributed by atoms with Crippen LogP contribution in [0.1, 0.15) is 71.2 Å². The number of imidazole rings is 1. The first-order valence-corrected chi connectivity index (χ1v) is 10.5. The van der Waals surface area contributed by atoms with E-state index in [1.165, 1.54) is 25.1 Å². The molecule has 0 aliphatic carbocycles. The number of carbonyl (C=O) groups excluding carboxylic acids is 1. The number of benzene rings is 1. The Kier molecular flexibility index (Phi) is 4.86. The zero-order valence-electron chi connectivity index (χ0n) is 18.2. The van der Waals surface area contributed by atoms with Crippen molar-refractivity contribution >= 4 is 16.9 Å². The summed E-state index contributed by atoms with van der Waals surface area (Å²) in [4.78, 5) is 26.6. The molecule has 0 saturated heterocycles. The van der Waals surface area contributed by atoms with Crippen LogP contribution in [0.2, 0.25) is 0 Å². The molecule has 1 aliphatic heterocycles. The molecule has 0 saturated carbocycles. The van der Waals surface area contributed by atoms with Gasteiger partial charge in [-0.2, -0.15) is 0 Å². The quantitative estimate of drug-likeness (QED) is 0.471. The van der Waals surface area contributed by atoms with Crippen molar-refractivity contribution in [3.8, 4) is 0 Å². The topological polar surface area (TPSA) is 108 Å². The maximum atomic E-state index is 14.2. The molecule has 8 nitrogen and oxygen atoms in total. The van der Waals surface area contributed by atoms with E-state index in [-0.39, 0.29) is 34.9 Å². The largest absolute Gasteiger partial charge is 0.458 e. The minimum atomic E-state index is -2.82. The predicted molar refractivity (Wildman–Crippen MR) is 113 cm³/mol. The van der Waals surface area contributed by atoms with Crippen LogP contribution in [0.4, 0.5) is 8.78 Å². The van der Waals surface area contributed by atoms with Crippen molar-refractivity contribution < 1.29 is 27.5 Å². The molecule has 5 rings (SSSR count). The van der Waals surface area contributed by atoms with Gasteiger partial charge >= 0.3 is 0 Å². The van der Waals surface area contributed by atoms with Gasteiger partial charge in [-0.1, -0.05) is 18.2 Å². The molecule has 0 bridgehead atoms. The van der Waals surface area contributed by atoms with Crippen LogP contribution < -0.4 is 0 Å². The number of nitrogens with zero attached hydrogens (tertiary/aromatic N) is 3. The van der Waals surface area contributed by atoms with Crippen LogP contribution >= 0.6 is 0 Å². The second kappa shape index (κ2) is 7.51. The summed E-state index contributed by atoms with van der Waals surface area (Å²) in [5.74, 6) is -0.650. The number of fused-ring (bicyclic) bond motifs is 2. The van der Waals surface area contributed by atoms with E-state index in [0.29, 0.717) is 23.4 Å². The summed E-state index contributed by atoms with van der Waals surface area (Å²) in [6, 6.07) is 5.55. The van der Waals surface area contributed by atoms with Crippen molar-refractivity contribution in [1.82, 2.24) is 19.9 Å². The average Bonchev–Trinajstić information content (AvgIpc) is 3.47. The second-order valence-electron chi connectivity index (χ2n) is 8.59. The zero-order valence-corrected chi connectivity index (χ0v) is 18.2. The summed E-state index contributed by atoms with van der Waals surface area (Å²) >= 11 is 0. The van der Waals surface area contributed by atoms with Gasteiger partial charge in [0.15, 0.2) is 0 Å². The van der Waals surface area contributed by atoms with Gasteiger partial charge in [-0.25, -0.2) is 18.7 Å². The molecule has 1 atom stereocenters. The number of aliphatic hydroxyl groups is 1. The Hall–Kier alpha value is -3.53. The lowest BCUT2D eigenvalue weighted by Gasteiger charge is -2.33. The molecule has 4 aromatic rings. The number of aromatic amines is 1. The fourth-order valence-electron chi connectivity index (χ4n) is 4.26. The van der Waals surface area contributed by atoms with Crippen molar-refractivity contribution in [3.63, 3.8) is 0 Å².